The minimum atomic E-state index is -0.409. The zero-order chi connectivity index (χ0) is 17.0. The number of ether oxygens (including phenoxy) is 1. The van der Waals surface area contributed by atoms with Crippen LogP contribution in [0.1, 0.15) is 0 Å². The Hall–Kier alpha value is -3.33. The Labute approximate surface area is 143 Å². The molecule has 5 aromatic rings. The highest BCUT2D eigenvalue weighted by Crippen LogP contribution is 2.39. The van der Waals surface area contributed by atoms with Crippen LogP contribution in [-0.2, 0) is 0 Å². The normalized spacial score (nSPS) is 11.6. The summed E-state index contributed by atoms with van der Waals surface area (Å²) in [6, 6.07) is 22.0. The number of fused-ring (bicyclic) bond motifs is 7. The Morgan fingerprint density at radius 2 is 1.44 bits per heavy atom. The number of rotatable bonds is 1. The molecular weight excluding hydrogens is 312 g/mol. The molecule has 120 valence electrons. The zero-order valence-electron chi connectivity index (χ0n) is 13.6. The van der Waals surface area contributed by atoms with Gasteiger partial charge in [0.05, 0.1) is 18.6 Å². The molecule has 1 heterocycles. The van der Waals surface area contributed by atoms with E-state index in [-0.39, 0.29) is 0 Å². The van der Waals surface area contributed by atoms with Gasteiger partial charge in [0, 0.05) is 5.39 Å². The molecule has 3 heteroatoms. The van der Waals surface area contributed by atoms with Crippen molar-refractivity contribution in [3.8, 4) is 5.75 Å². The molecule has 0 amide bonds. The molecule has 0 spiro atoms. The van der Waals surface area contributed by atoms with Crippen LogP contribution in [-0.4, -0.2) is 7.11 Å². The molecule has 4 aromatic carbocycles. The highest BCUT2D eigenvalue weighted by atomic mass is 16.5. The average molecular weight is 326 g/mol. The van der Waals surface area contributed by atoms with Crippen LogP contribution in [0.5, 0.6) is 5.75 Å². The van der Waals surface area contributed by atoms with Crippen molar-refractivity contribution < 1.29 is 9.15 Å². The maximum atomic E-state index is 11.8. The summed E-state index contributed by atoms with van der Waals surface area (Å²) in [6.07, 6.45) is 0. The first-order chi connectivity index (χ1) is 12.3. The first-order valence-electron chi connectivity index (χ1n) is 8.11. The average Bonchev–Trinajstić information content (AvgIpc) is 2.66. The van der Waals surface area contributed by atoms with E-state index in [1.807, 2.05) is 24.3 Å². The molecular formula is C22H14O3. The van der Waals surface area contributed by atoms with Crippen LogP contribution in [0.25, 0.3) is 43.3 Å². The first kappa shape index (κ1) is 14.1. The van der Waals surface area contributed by atoms with Gasteiger partial charge in [0.15, 0.2) is 0 Å². The number of hydrogen-bond donors (Lipinski definition) is 0. The third-order valence-corrected chi connectivity index (χ3v) is 4.78. The van der Waals surface area contributed by atoms with E-state index in [0.29, 0.717) is 11.3 Å². The van der Waals surface area contributed by atoms with E-state index < -0.39 is 5.63 Å². The fraction of sp³-hybridized carbons (Fsp3) is 0.0455. The topological polar surface area (TPSA) is 39.4 Å². The molecule has 0 aliphatic carbocycles. The minimum Gasteiger partial charge on any atom is -0.496 e. The van der Waals surface area contributed by atoms with Crippen LogP contribution in [0.2, 0.25) is 0 Å². The summed E-state index contributed by atoms with van der Waals surface area (Å²) in [5, 5.41) is 7.61. The van der Waals surface area contributed by atoms with E-state index in [9.17, 15) is 4.79 Å². The molecule has 0 saturated heterocycles. The quantitative estimate of drug-likeness (QED) is 0.311. The van der Waals surface area contributed by atoms with E-state index in [2.05, 4.69) is 36.4 Å². The van der Waals surface area contributed by atoms with E-state index in [1.165, 1.54) is 16.8 Å². The number of benzene rings is 4. The Morgan fingerprint density at radius 1 is 0.760 bits per heavy atom. The summed E-state index contributed by atoms with van der Waals surface area (Å²) >= 11 is 0. The van der Waals surface area contributed by atoms with Crippen LogP contribution >= 0.6 is 0 Å². The van der Waals surface area contributed by atoms with Gasteiger partial charge in [-0.3, -0.25) is 0 Å². The Kier molecular flexibility index (Phi) is 2.86. The van der Waals surface area contributed by atoms with Crippen LogP contribution in [0.4, 0.5) is 0 Å². The zero-order valence-corrected chi connectivity index (χ0v) is 13.6. The van der Waals surface area contributed by atoms with Gasteiger partial charge in [0.25, 0.3) is 0 Å². The van der Waals surface area contributed by atoms with Crippen molar-refractivity contribution in [1.82, 2.24) is 0 Å². The SMILES string of the molecule is COc1cc(=O)oc2ccc3ccc4ccc5ccccc5c4c3c12. The van der Waals surface area contributed by atoms with Crippen molar-refractivity contribution in [1.29, 1.82) is 0 Å². The molecule has 0 radical (unpaired) electrons. The summed E-state index contributed by atoms with van der Waals surface area (Å²) in [7, 11) is 1.58. The second-order valence-electron chi connectivity index (χ2n) is 6.12. The van der Waals surface area contributed by atoms with E-state index in [4.69, 9.17) is 9.15 Å². The lowest BCUT2D eigenvalue weighted by atomic mass is 9.94. The lowest BCUT2D eigenvalue weighted by Gasteiger charge is -2.12. The number of hydrogen-bond acceptors (Lipinski definition) is 3. The lowest BCUT2D eigenvalue weighted by molar-refractivity contribution is 0.413. The predicted molar refractivity (Wildman–Crippen MR) is 102 cm³/mol. The summed E-state index contributed by atoms with van der Waals surface area (Å²) in [5.41, 5.74) is 0.131. The van der Waals surface area contributed by atoms with Gasteiger partial charge in [-0.1, -0.05) is 54.6 Å². The molecule has 3 nitrogen and oxygen atoms in total. The van der Waals surface area contributed by atoms with Gasteiger partial charge in [0.1, 0.15) is 11.3 Å². The molecule has 5 rings (SSSR count). The maximum Gasteiger partial charge on any atom is 0.339 e. The van der Waals surface area contributed by atoms with Gasteiger partial charge in [-0.2, -0.15) is 0 Å². The molecule has 0 aliphatic heterocycles. The van der Waals surface area contributed by atoms with Gasteiger partial charge in [0.2, 0.25) is 0 Å². The van der Waals surface area contributed by atoms with Crippen molar-refractivity contribution in [2.24, 2.45) is 0 Å². The number of methoxy groups -OCH3 is 1. The second-order valence-corrected chi connectivity index (χ2v) is 6.12. The van der Waals surface area contributed by atoms with Crippen molar-refractivity contribution in [3.05, 3.63) is 77.2 Å². The molecule has 25 heavy (non-hydrogen) atoms. The summed E-state index contributed by atoms with van der Waals surface area (Å²) in [4.78, 5) is 11.8. The van der Waals surface area contributed by atoms with Gasteiger partial charge >= 0.3 is 5.63 Å². The molecule has 0 bridgehead atoms. The van der Waals surface area contributed by atoms with Crippen molar-refractivity contribution in [3.63, 3.8) is 0 Å². The maximum absolute atomic E-state index is 11.8. The minimum absolute atomic E-state index is 0.409. The van der Waals surface area contributed by atoms with E-state index in [0.717, 1.165) is 26.9 Å². The van der Waals surface area contributed by atoms with Crippen molar-refractivity contribution >= 4 is 43.3 Å². The van der Waals surface area contributed by atoms with Crippen molar-refractivity contribution in [2.45, 2.75) is 0 Å². The van der Waals surface area contributed by atoms with Crippen LogP contribution < -0.4 is 10.4 Å². The highest BCUT2D eigenvalue weighted by Gasteiger charge is 2.14. The Bertz CT molecular complexity index is 1340. The molecule has 0 saturated carbocycles. The fourth-order valence-electron chi connectivity index (χ4n) is 3.70. The summed E-state index contributed by atoms with van der Waals surface area (Å²) in [5.74, 6) is 0.539. The van der Waals surface area contributed by atoms with Gasteiger partial charge in [-0.15, -0.1) is 0 Å². The summed E-state index contributed by atoms with van der Waals surface area (Å²) in [6.45, 7) is 0. The predicted octanol–water partition coefficient (Wildman–Crippen LogP) is 5.26. The molecule has 1 aromatic heterocycles. The van der Waals surface area contributed by atoms with E-state index >= 15 is 0 Å². The van der Waals surface area contributed by atoms with Gasteiger partial charge in [-0.25, -0.2) is 4.79 Å². The molecule has 0 atom stereocenters. The second kappa shape index (κ2) is 5.08. The van der Waals surface area contributed by atoms with Gasteiger partial charge in [-0.05, 0) is 33.0 Å². The molecule has 0 unspecified atom stereocenters. The lowest BCUT2D eigenvalue weighted by Crippen LogP contribution is -1.99. The standard InChI is InChI=1S/C22H14O3/c1-24-18-12-19(23)25-17-11-10-15-9-8-14-7-6-13-4-2-3-5-16(13)20(14)21(15)22(17)18/h2-12H,1H3. The van der Waals surface area contributed by atoms with Crippen LogP contribution in [0.15, 0.2) is 75.9 Å². The molecule has 0 fully saturated rings. The Morgan fingerprint density at radius 3 is 2.24 bits per heavy atom. The smallest absolute Gasteiger partial charge is 0.339 e. The van der Waals surface area contributed by atoms with Gasteiger partial charge < -0.3 is 9.15 Å². The monoisotopic (exact) mass is 326 g/mol. The Balaban J connectivity index is 2.18. The summed E-state index contributed by atoms with van der Waals surface area (Å²) < 4.78 is 11.0. The third kappa shape index (κ3) is 1.96. The highest BCUT2D eigenvalue weighted by molar-refractivity contribution is 6.27. The van der Waals surface area contributed by atoms with Crippen LogP contribution in [0, 0.1) is 0 Å². The van der Waals surface area contributed by atoms with E-state index in [1.54, 1.807) is 7.11 Å². The molecule has 0 aliphatic rings. The third-order valence-electron chi connectivity index (χ3n) is 4.78. The molecule has 0 N–H and O–H groups in total. The fourth-order valence-corrected chi connectivity index (χ4v) is 3.70. The first-order valence-corrected chi connectivity index (χ1v) is 8.11. The largest absolute Gasteiger partial charge is 0.496 e. The van der Waals surface area contributed by atoms with Crippen LogP contribution in [0.3, 0.4) is 0 Å². The van der Waals surface area contributed by atoms with Crippen molar-refractivity contribution in [2.75, 3.05) is 7.11 Å².